The number of primary amides is 1. The Labute approximate surface area is 209 Å². The van der Waals surface area contributed by atoms with Gasteiger partial charge in [-0.1, -0.05) is 12.1 Å². The van der Waals surface area contributed by atoms with Crippen molar-refractivity contribution >= 4 is 53.0 Å². The zero-order chi connectivity index (χ0) is 23.4. The van der Waals surface area contributed by atoms with Gasteiger partial charge in [0.2, 0.25) is 11.6 Å². The third-order valence-corrected chi connectivity index (χ3v) is 5.61. The topological polar surface area (TPSA) is 145 Å². The fraction of sp³-hybridized carbons (Fsp3) is 0.182. The molecule has 1 unspecified atom stereocenters. The monoisotopic (exact) mass is 464 g/mol. The molecule has 0 spiro atoms. The Morgan fingerprint density at radius 2 is 1.76 bits per heavy atom. The van der Waals surface area contributed by atoms with Gasteiger partial charge in [0.15, 0.2) is 11.4 Å². The number of Topliss-reactive ketones (excluding diaryl/α,β-unsaturated/α-hetero) is 2. The number of dihydropyridines is 1. The fourth-order valence-electron chi connectivity index (χ4n) is 4.07. The molecule has 0 saturated heterocycles. The second-order valence-electron chi connectivity index (χ2n) is 7.27. The van der Waals surface area contributed by atoms with E-state index in [1.165, 1.54) is 24.3 Å². The number of fused-ring (bicyclic) bond motifs is 2. The number of nitrogens with one attached hydrogen (secondary N) is 1. The van der Waals surface area contributed by atoms with Gasteiger partial charge in [0.1, 0.15) is 11.4 Å². The molecule has 4 N–H and O–H groups in total. The summed E-state index contributed by atoms with van der Waals surface area (Å²) in [6.07, 6.45) is 1.000. The molecule has 1 aromatic carbocycles. The Morgan fingerprint density at radius 3 is 2.30 bits per heavy atom. The van der Waals surface area contributed by atoms with E-state index in [2.05, 4.69) is 10.1 Å². The van der Waals surface area contributed by atoms with Crippen LogP contribution in [0, 0.1) is 5.82 Å². The summed E-state index contributed by atoms with van der Waals surface area (Å²) in [5.74, 6) is -5.00. The summed E-state index contributed by atoms with van der Waals surface area (Å²) in [6.45, 7) is 0. The van der Waals surface area contributed by atoms with E-state index in [0.29, 0.717) is 5.56 Å². The number of halogens is 1. The second-order valence-corrected chi connectivity index (χ2v) is 7.27. The van der Waals surface area contributed by atoms with Crippen LogP contribution in [0.15, 0.2) is 69.8 Å². The van der Waals surface area contributed by atoms with E-state index in [-0.39, 0.29) is 64.1 Å². The van der Waals surface area contributed by atoms with Crippen molar-refractivity contribution in [3.8, 4) is 0 Å². The number of ketones is 2. The average Bonchev–Trinajstić information content (AvgIpc) is 2.92. The van der Waals surface area contributed by atoms with Crippen molar-refractivity contribution < 1.29 is 38.1 Å². The van der Waals surface area contributed by atoms with Crippen LogP contribution in [0.2, 0.25) is 0 Å². The average molecular weight is 464 g/mol. The Kier molecular flexibility index (Phi) is 6.49. The Hall–Kier alpha value is -3.05. The van der Waals surface area contributed by atoms with E-state index in [4.69, 9.17) is 10.5 Å². The number of allylic oxidation sites excluding steroid dienone is 3. The molecule has 0 radical (unpaired) electrons. The maximum absolute atomic E-state index is 13.3. The summed E-state index contributed by atoms with van der Waals surface area (Å²) in [7, 11) is 2.20. The number of carbonyl (C=O) groups is 4. The number of nitrogens with two attached hydrogens (primary N) is 1. The number of benzene rings is 1. The number of carbonyl (C=O) groups excluding carboxylic acids is 4. The molecule has 9 nitrogen and oxygen atoms in total. The van der Waals surface area contributed by atoms with Gasteiger partial charge in [-0.3, -0.25) is 14.4 Å². The third-order valence-electron chi connectivity index (χ3n) is 5.61. The van der Waals surface area contributed by atoms with Gasteiger partial charge in [-0.15, -0.1) is 0 Å². The van der Waals surface area contributed by atoms with Crippen molar-refractivity contribution in [2.75, 3.05) is 14.2 Å². The van der Waals surface area contributed by atoms with Crippen LogP contribution in [-0.4, -0.2) is 77.9 Å². The zero-order valence-corrected chi connectivity index (χ0v) is 16.9. The molecular formula is C22H18FN2NaO7. The first-order valence-corrected chi connectivity index (χ1v) is 9.35. The summed E-state index contributed by atoms with van der Waals surface area (Å²) in [5.41, 5.74) is 3.13. The Bertz CT molecular complexity index is 1240. The van der Waals surface area contributed by atoms with E-state index >= 15 is 0 Å². The molecule has 1 atom stereocenters. The van der Waals surface area contributed by atoms with E-state index < -0.39 is 46.2 Å². The molecule has 33 heavy (non-hydrogen) atoms. The van der Waals surface area contributed by atoms with Crippen molar-refractivity contribution in [2.45, 2.75) is 12.0 Å². The number of amides is 1. The van der Waals surface area contributed by atoms with Crippen molar-refractivity contribution in [2.24, 2.45) is 5.73 Å². The predicted octanol–water partition coefficient (Wildman–Crippen LogP) is -0.221. The minimum atomic E-state index is -2.16. The number of hydrogen-bond donors (Lipinski definition) is 3. The molecule has 166 valence electrons. The van der Waals surface area contributed by atoms with Crippen LogP contribution >= 0.6 is 0 Å². The van der Waals surface area contributed by atoms with E-state index in [1.54, 1.807) is 0 Å². The fourth-order valence-corrected chi connectivity index (χ4v) is 4.07. The van der Waals surface area contributed by atoms with Gasteiger partial charge in [0.25, 0.3) is 5.91 Å². The molecule has 2 aliphatic carbocycles. The van der Waals surface area contributed by atoms with Gasteiger partial charge in [0.05, 0.1) is 18.5 Å². The maximum atomic E-state index is 13.3. The van der Waals surface area contributed by atoms with Crippen molar-refractivity contribution in [1.29, 1.82) is 0 Å². The van der Waals surface area contributed by atoms with E-state index in [0.717, 1.165) is 20.3 Å². The first-order chi connectivity index (χ1) is 15.2. The molecule has 11 heteroatoms. The van der Waals surface area contributed by atoms with E-state index in [9.17, 15) is 28.7 Å². The van der Waals surface area contributed by atoms with Crippen LogP contribution in [0.1, 0.15) is 5.56 Å². The van der Waals surface area contributed by atoms with Crippen LogP contribution in [0.4, 0.5) is 4.39 Å². The summed E-state index contributed by atoms with van der Waals surface area (Å²) in [5, 5.41) is 13.4. The van der Waals surface area contributed by atoms with Gasteiger partial charge < -0.3 is 25.6 Å². The van der Waals surface area contributed by atoms with Crippen LogP contribution in [0.3, 0.4) is 0 Å². The second kappa shape index (κ2) is 8.71. The van der Waals surface area contributed by atoms with Gasteiger partial charge in [-0.05, 0) is 29.3 Å². The molecule has 1 heterocycles. The molecule has 1 aromatic rings. The Morgan fingerprint density at radius 1 is 1.12 bits per heavy atom. The number of aliphatic hydroxyl groups excluding tert-OH is 1. The normalized spacial score (nSPS) is 21.4. The number of aliphatic hydroxyl groups is 1. The van der Waals surface area contributed by atoms with E-state index in [1.807, 2.05) is 0 Å². The summed E-state index contributed by atoms with van der Waals surface area (Å²) in [4.78, 5) is 50.4. The summed E-state index contributed by atoms with van der Waals surface area (Å²) in [6, 6.07) is 5.43. The summed E-state index contributed by atoms with van der Waals surface area (Å²) >= 11 is 0. The molecule has 0 saturated carbocycles. The number of ether oxygens (including phenoxy) is 2. The standard InChI is InChI=1S/C22H17FN2O7.Na.H/c1-31-20(29)12-8-22(32-2,21(24)30)14-13-11(7-9-3-5-10(23)6-4-9)15(19(28)18(13)27)25-16(14)17(12)26;;/h3-6,8,25-26H,7H2,1-2H3,(H2,24,30);;. The first-order valence-electron chi connectivity index (χ1n) is 9.35. The molecule has 0 aromatic heterocycles. The molecular weight excluding hydrogens is 446 g/mol. The summed E-state index contributed by atoms with van der Waals surface area (Å²) < 4.78 is 23.3. The third kappa shape index (κ3) is 3.55. The van der Waals surface area contributed by atoms with Gasteiger partial charge in [-0.2, -0.15) is 0 Å². The van der Waals surface area contributed by atoms with Crippen LogP contribution in [0.25, 0.3) is 0 Å². The van der Waals surface area contributed by atoms with Crippen LogP contribution < -0.4 is 11.1 Å². The minimum absolute atomic E-state index is 0. The van der Waals surface area contributed by atoms with Crippen LogP contribution in [0.5, 0.6) is 0 Å². The molecule has 3 aliphatic rings. The first kappa shape index (κ1) is 24.6. The molecule has 1 aliphatic heterocycles. The van der Waals surface area contributed by atoms with Gasteiger partial charge in [-0.25, -0.2) is 9.18 Å². The van der Waals surface area contributed by atoms with Gasteiger partial charge in [0, 0.05) is 24.7 Å². The number of esters is 1. The Balaban J connectivity index is 0.00000306. The SMILES string of the molecule is COC(=O)C1=CC(OC)(C(N)=O)C2=C3C(=O)C(=O)C(=C3Cc3ccc(F)cc3)NC2=C1O.[NaH]. The molecule has 1 amide bonds. The predicted molar refractivity (Wildman–Crippen MR) is 113 cm³/mol. The van der Waals surface area contributed by atoms with Crippen molar-refractivity contribution in [1.82, 2.24) is 5.32 Å². The van der Waals surface area contributed by atoms with Gasteiger partial charge >= 0.3 is 35.5 Å². The van der Waals surface area contributed by atoms with Crippen molar-refractivity contribution in [3.05, 3.63) is 81.2 Å². The van der Waals surface area contributed by atoms with Crippen LogP contribution in [-0.2, 0) is 35.1 Å². The zero-order valence-electron chi connectivity index (χ0n) is 16.9. The number of rotatable bonds is 5. The number of hydrogen-bond acceptors (Lipinski definition) is 8. The van der Waals surface area contributed by atoms with Crippen molar-refractivity contribution in [3.63, 3.8) is 0 Å². The molecule has 2 bridgehead atoms. The quantitative estimate of drug-likeness (QED) is 0.308. The number of methoxy groups -OCH3 is 2. The molecule has 4 rings (SSSR count). The molecule has 0 fully saturated rings.